The summed E-state index contributed by atoms with van der Waals surface area (Å²) in [5.74, 6) is -0.516. The lowest BCUT2D eigenvalue weighted by Gasteiger charge is -2.41. The molecular weight excluding hydrogens is 233 g/mol. The molecule has 0 saturated carbocycles. The Balaban J connectivity index is 2.28. The fraction of sp³-hybridized carbons (Fsp3) is 0.429. The molecule has 18 heavy (non-hydrogen) atoms. The molecule has 1 heterocycles. The normalized spacial score (nSPS) is 18.8. The smallest absolute Gasteiger partial charge is 0.254 e. The molecule has 4 heteroatoms. The van der Waals surface area contributed by atoms with E-state index in [1.165, 1.54) is 24.3 Å². The van der Waals surface area contributed by atoms with Crippen LogP contribution in [0.3, 0.4) is 0 Å². The zero-order chi connectivity index (χ0) is 13.3. The van der Waals surface area contributed by atoms with E-state index in [1.54, 1.807) is 18.7 Å². The van der Waals surface area contributed by atoms with Crippen molar-refractivity contribution >= 4 is 11.7 Å². The lowest BCUT2D eigenvalue weighted by molar-refractivity contribution is -0.130. The molecule has 1 aromatic rings. The van der Waals surface area contributed by atoms with E-state index in [1.807, 2.05) is 0 Å². The molecule has 1 aromatic carbocycles. The lowest BCUT2D eigenvalue weighted by Crippen LogP contribution is -2.56. The molecule has 1 fully saturated rings. The van der Waals surface area contributed by atoms with Gasteiger partial charge in [-0.1, -0.05) is 0 Å². The van der Waals surface area contributed by atoms with E-state index in [0.717, 1.165) is 0 Å². The van der Waals surface area contributed by atoms with Crippen molar-refractivity contribution in [2.75, 3.05) is 6.54 Å². The van der Waals surface area contributed by atoms with Gasteiger partial charge in [-0.2, -0.15) is 0 Å². The first-order valence-electron chi connectivity index (χ1n) is 6.04. The fourth-order valence-corrected chi connectivity index (χ4v) is 2.24. The molecule has 2 rings (SSSR count). The molecule has 0 bridgehead atoms. The van der Waals surface area contributed by atoms with Crippen LogP contribution in [0.15, 0.2) is 24.3 Å². The number of carbonyl (C=O) groups excluding carboxylic acids is 2. The zero-order valence-electron chi connectivity index (χ0n) is 10.6. The fourth-order valence-electron chi connectivity index (χ4n) is 2.24. The van der Waals surface area contributed by atoms with E-state index in [9.17, 15) is 14.0 Å². The van der Waals surface area contributed by atoms with Crippen LogP contribution in [0, 0.1) is 5.82 Å². The van der Waals surface area contributed by atoms with Gasteiger partial charge >= 0.3 is 0 Å². The highest BCUT2D eigenvalue weighted by Crippen LogP contribution is 2.26. The second kappa shape index (κ2) is 4.52. The van der Waals surface area contributed by atoms with Crippen molar-refractivity contribution in [3.05, 3.63) is 35.6 Å². The van der Waals surface area contributed by atoms with Gasteiger partial charge in [-0.3, -0.25) is 9.59 Å². The minimum absolute atomic E-state index is 0.0733. The Bertz CT molecular complexity index is 479. The molecule has 0 aromatic heterocycles. The van der Waals surface area contributed by atoms with Crippen molar-refractivity contribution in [3.63, 3.8) is 0 Å². The predicted molar refractivity (Wildman–Crippen MR) is 65.8 cm³/mol. The summed E-state index contributed by atoms with van der Waals surface area (Å²) >= 11 is 0. The first-order chi connectivity index (χ1) is 8.43. The second-order valence-electron chi connectivity index (χ2n) is 5.05. The molecule has 0 radical (unpaired) electrons. The van der Waals surface area contributed by atoms with Crippen LogP contribution in [0.1, 0.15) is 37.0 Å². The summed E-state index contributed by atoms with van der Waals surface area (Å²) in [5.41, 5.74) is -0.358. The number of carbonyl (C=O) groups is 2. The largest absolute Gasteiger partial charge is 0.326 e. The third-order valence-corrected chi connectivity index (χ3v) is 3.48. The summed E-state index contributed by atoms with van der Waals surface area (Å²) in [5, 5.41) is 0. The van der Waals surface area contributed by atoms with Crippen LogP contribution in [0.4, 0.5) is 4.39 Å². The first kappa shape index (κ1) is 12.7. The van der Waals surface area contributed by atoms with Crippen LogP contribution >= 0.6 is 0 Å². The van der Waals surface area contributed by atoms with E-state index < -0.39 is 5.54 Å². The number of piperidine rings is 1. The minimum atomic E-state index is -0.774. The van der Waals surface area contributed by atoms with Crippen molar-refractivity contribution in [3.8, 4) is 0 Å². The van der Waals surface area contributed by atoms with Gasteiger partial charge in [0.2, 0.25) is 0 Å². The maximum atomic E-state index is 12.8. The molecule has 0 aliphatic carbocycles. The molecule has 0 atom stereocenters. The number of likely N-dealkylation sites (tertiary alicyclic amines) is 1. The zero-order valence-corrected chi connectivity index (χ0v) is 10.6. The Morgan fingerprint density at radius 3 is 2.50 bits per heavy atom. The number of hydrogen-bond acceptors (Lipinski definition) is 2. The van der Waals surface area contributed by atoms with Crippen molar-refractivity contribution in [1.29, 1.82) is 0 Å². The average Bonchev–Trinajstić information content (AvgIpc) is 2.33. The van der Waals surface area contributed by atoms with E-state index in [4.69, 9.17) is 0 Å². The second-order valence-corrected chi connectivity index (χ2v) is 5.05. The summed E-state index contributed by atoms with van der Waals surface area (Å²) in [7, 11) is 0. The van der Waals surface area contributed by atoms with Crippen molar-refractivity contribution in [2.24, 2.45) is 0 Å². The molecule has 1 saturated heterocycles. The highest BCUT2D eigenvalue weighted by atomic mass is 19.1. The highest BCUT2D eigenvalue weighted by Gasteiger charge is 2.40. The third-order valence-electron chi connectivity index (χ3n) is 3.48. The summed E-state index contributed by atoms with van der Waals surface area (Å²) < 4.78 is 12.8. The molecule has 1 aliphatic rings. The van der Waals surface area contributed by atoms with E-state index in [0.29, 0.717) is 24.9 Å². The van der Waals surface area contributed by atoms with Crippen molar-refractivity contribution in [1.82, 2.24) is 4.90 Å². The highest BCUT2D eigenvalue weighted by molar-refractivity contribution is 6.00. The summed E-state index contributed by atoms with van der Waals surface area (Å²) in [6.07, 6.45) is 1.20. The third kappa shape index (κ3) is 2.15. The van der Waals surface area contributed by atoms with Crippen LogP contribution in [0.25, 0.3) is 0 Å². The average molecular weight is 249 g/mol. The van der Waals surface area contributed by atoms with Crippen LogP contribution in [0.5, 0.6) is 0 Å². The molecule has 0 N–H and O–H groups in total. The van der Waals surface area contributed by atoms with Gasteiger partial charge in [-0.15, -0.1) is 0 Å². The number of nitrogens with zero attached hydrogens (tertiary/aromatic N) is 1. The van der Waals surface area contributed by atoms with Gasteiger partial charge in [0.15, 0.2) is 5.78 Å². The maximum Gasteiger partial charge on any atom is 0.254 e. The number of rotatable bonds is 1. The molecular formula is C14H16FNO2. The monoisotopic (exact) mass is 249 g/mol. The van der Waals surface area contributed by atoms with Crippen LogP contribution in [0.2, 0.25) is 0 Å². The Hall–Kier alpha value is -1.71. The molecule has 0 unspecified atom stereocenters. The molecule has 96 valence electrons. The predicted octanol–water partition coefficient (Wildman–Crippen LogP) is 2.41. The van der Waals surface area contributed by atoms with Gasteiger partial charge < -0.3 is 4.90 Å². The van der Waals surface area contributed by atoms with E-state index >= 15 is 0 Å². The molecule has 0 spiro atoms. The van der Waals surface area contributed by atoms with Crippen LogP contribution < -0.4 is 0 Å². The standard InChI is InChI=1S/C14H16FNO2/c1-14(2)12(17)4-3-9-16(14)13(18)10-5-7-11(15)8-6-10/h5-8H,3-4,9H2,1-2H3. The number of hydrogen-bond donors (Lipinski definition) is 0. The van der Waals surface area contributed by atoms with Gasteiger partial charge in [-0.25, -0.2) is 4.39 Å². The number of amides is 1. The van der Waals surface area contributed by atoms with Crippen LogP contribution in [-0.2, 0) is 4.79 Å². The van der Waals surface area contributed by atoms with Crippen LogP contribution in [-0.4, -0.2) is 28.7 Å². The van der Waals surface area contributed by atoms with Gasteiger partial charge in [0.25, 0.3) is 5.91 Å². The number of benzene rings is 1. The maximum absolute atomic E-state index is 12.8. The minimum Gasteiger partial charge on any atom is -0.326 e. The van der Waals surface area contributed by atoms with E-state index in [-0.39, 0.29) is 17.5 Å². The molecule has 1 amide bonds. The van der Waals surface area contributed by atoms with Crippen molar-refractivity contribution < 1.29 is 14.0 Å². The van der Waals surface area contributed by atoms with Gasteiger partial charge in [0.1, 0.15) is 5.82 Å². The quantitative estimate of drug-likeness (QED) is 0.766. The number of halogens is 1. The summed E-state index contributed by atoms with van der Waals surface area (Å²) in [6, 6.07) is 5.41. The SMILES string of the molecule is CC1(C)C(=O)CCCN1C(=O)c1ccc(F)cc1. The van der Waals surface area contributed by atoms with Gasteiger partial charge in [0, 0.05) is 18.5 Å². The van der Waals surface area contributed by atoms with Gasteiger partial charge in [0.05, 0.1) is 5.54 Å². The molecule has 1 aliphatic heterocycles. The Morgan fingerprint density at radius 2 is 1.89 bits per heavy atom. The number of ketones is 1. The van der Waals surface area contributed by atoms with E-state index in [2.05, 4.69) is 0 Å². The first-order valence-corrected chi connectivity index (χ1v) is 6.04. The summed E-state index contributed by atoms with van der Waals surface area (Å²) in [6.45, 7) is 4.08. The Morgan fingerprint density at radius 1 is 1.28 bits per heavy atom. The van der Waals surface area contributed by atoms with Crippen molar-refractivity contribution in [2.45, 2.75) is 32.2 Å². The summed E-state index contributed by atoms with van der Waals surface area (Å²) in [4.78, 5) is 25.8. The molecule has 3 nitrogen and oxygen atoms in total. The Labute approximate surface area is 106 Å². The topological polar surface area (TPSA) is 37.4 Å². The Kier molecular flexibility index (Phi) is 3.20. The number of Topliss-reactive ketones (excluding diaryl/α,β-unsaturated/α-hetero) is 1. The van der Waals surface area contributed by atoms with Gasteiger partial charge in [-0.05, 0) is 44.5 Å². The lowest BCUT2D eigenvalue weighted by atomic mass is 9.88.